The molecule has 0 radical (unpaired) electrons. The Morgan fingerprint density at radius 1 is 1.50 bits per heavy atom. The van der Waals surface area contributed by atoms with Gasteiger partial charge < -0.3 is 16.0 Å². The van der Waals surface area contributed by atoms with Gasteiger partial charge >= 0.3 is 0 Å². The van der Waals surface area contributed by atoms with Gasteiger partial charge in [0.2, 0.25) is 5.91 Å². The quantitative estimate of drug-likeness (QED) is 0.821. The van der Waals surface area contributed by atoms with Crippen molar-refractivity contribution in [3.8, 4) is 0 Å². The van der Waals surface area contributed by atoms with Crippen LogP contribution in [0.15, 0.2) is 18.2 Å². The summed E-state index contributed by atoms with van der Waals surface area (Å²) in [4.78, 5) is 13.2. The van der Waals surface area contributed by atoms with Gasteiger partial charge in [0.25, 0.3) is 0 Å². The molecule has 0 aromatic heterocycles. The first-order valence-corrected chi connectivity index (χ1v) is 7.03. The highest BCUT2D eigenvalue weighted by Gasteiger charge is 2.28. The SMILES string of the molecule is Cc1ccc(NC(=S)N2CCCC[C@@H]2C(N)=O)cc1F. The molecule has 3 N–H and O–H groups in total. The topological polar surface area (TPSA) is 58.4 Å². The number of nitrogens with two attached hydrogens (primary N) is 1. The van der Waals surface area contributed by atoms with E-state index in [1.54, 1.807) is 24.0 Å². The number of thiocarbonyl (C=S) groups is 1. The summed E-state index contributed by atoms with van der Waals surface area (Å²) in [5.74, 6) is -0.660. The number of benzene rings is 1. The van der Waals surface area contributed by atoms with Crippen molar-refractivity contribution in [2.45, 2.75) is 32.2 Å². The Labute approximate surface area is 123 Å². The Morgan fingerprint density at radius 3 is 2.90 bits per heavy atom. The molecule has 4 nitrogen and oxygen atoms in total. The van der Waals surface area contributed by atoms with E-state index in [0.29, 0.717) is 29.3 Å². The van der Waals surface area contributed by atoms with Crippen LogP contribution < -0.4 is 11.1 Å². The molecule has 0 saturated carbocycles. The van der Waals surface area contributed by atoms with Gasteiger partial charge in [-0.3, -0.25) is 4.79 Å². The number of rotatable bonds is 2. The smallest absolute Gasteiger partial charge is 0.240 e. The standard InChI is InChI=1S/C14H18FN3OS/c1-9-5-6-10(8-11(9)15)17-14(20)18-7-3-2-4-12(18)13(16)19/h5-6,8,12H,2-4,7H2,1H3,(H2,16,19)(H,17,20)/t12-/m1/s1. The van der Waals surface area contributed by atoms with Gasteiger partial charge in [-0.1, -0.05) is 6.07 Å². The van der Waals surface area contributed by atoms with Crippen LogP contribution in [0.3, 0.4) is 0 Å². The summed E-state index contributed by atoms with van der Waals surface area (Å²) in [7, 11) is 0. The van der Waals surface area contributed by atoms with Gasteiger partial charge in [0.05, 0.1) is 0 Å². The van der Waals surface area contributed by atoms with Crippen molar-refractivity contribution in [1.29, 1.82) is 0 Å². The summed E-state index contributed by atoms with van der Waals surface area (Å²) in [6.07, 6.45) is 2.64. The third kappa shape index (κ3) is 3.25. The van der Waals surface area contributed by atoms with E-state index in [0.717, 1.165) is 12.8 Å². The number of likely N-dealkylation sites (tertiary alicyclic amines) is 1. The second-order valence-corrected chi connectivity index (χ2v) is 5.39. The van der Waals surface area contributed by atoms with Crippen molar-refractivity contribution >= 4 is 28.9 Å². The number of hydrogen-bond acceptors (Lipinski definition) is 2. The molecule has 1 amide bonds. The van der Waals surface area contributed by atoms with E-state index in [2.05, 4.69) is 5.32 Å². The summed E-state index contributed by atoms with van der Waals surface area (Å²) in [6, 6.07) is 4.46. The molecule has 0 aliphatic carbocycles. The summed E-state index contributed by atoms with van der Waals surface area (Å²) >= 11 is 5.31. The molecule has 2 rings (SSSR count). The minimum absolute atomic E-state index is 0.289. The summed E-state index contributed by atoms with van der Waals surface area (Å²) in [5, 5.41) is 3.39. The highest BCUT2D eigenvalue weighted by molar-refractivity contribution is 7.80. The van der Waals surface area contributed by atoms with Crippen molar-refractivity contribution in [3.63, 3.8) is 0 Å². The van der Waals surface area contributed by atoms with Gasteiger partial charge in [0, 0.05) is 12.2 Å². The maximum atomic E-state index is 13.5. The van der Waals surface area contributed by atoms with Gasteiger partial charge in [-0.2, -0.15) is 0 Å². The van der Waals surface area contributed by atoms with Gasteiger partial charge in [-0.05, 0) is 56.1 Å². The molecule has 1 aliphatic heterocycles. The number of piperidine rings is 1. The molecule has 20 heavy (non-hydrogen) atoms. The molecule has 1 aliphatic rings. The van der Waals surface area contributed by atoms with Crippen molar-refractivity contribution in [2.24, 2.45) is 5.73 Å². The van der Waals surface area contributed by atoms with Crippen LogP contribution in [0.2, 0.25) is 0 Å². The minimum Gasteiger partial charge on any atom is -0.368 e. The first kappa shape index (κ1) is 14.7. The fourth-order valence-electron chi connectivity index (χ4n) is 2.34. The summed E-state index contributed by atoms with van der Waals surface area (Å²) in [6.45, 7) is 2.39. The van der Waals surface area contributed by atoms with E-state index in [-0.39, 0.29) is 17.8 Å². The van der Waals surface area contributed by atoms with Crippen LogP contribution in [-0.2, 0) is 4.79 Å². The Balaban J connectivity index is 2.09. The fraction of sp³-hybridized carbons (Fsp3) is 0.429. The fourth-order valence-corrected chi connectivity index (χ4v) is 2.67. The highest BCUT2D eigenvalue weighted by atomic mass is 32.1. The van der Waals surface area contributed by atoms with E-state index >= 15 is 0 Å². The Morgan fingerprint density at radius 2 is 2.25 bits per heavy atom. The molecular formula is C14H18FN3OS. The average molecular weight is 295 g/mol. The first-order chi connectivity index (χ1) is 9.49. The highest BCUT2D eigenvalue weighted by Crippen LogP contribution is 2.19. The van der Waals surface area contributed by atoms with Crippen molar-refractivity contribution in [2.75, 3.05) is 11.9 Å². The number of halogens is 1. The number of hydrogen-bond donors (Lipinski definition) is 2. The van der Waals surface area contributed by atoms with Gasteiger partial charge in [-0.25, -0.2) is 4.39 Å². The number of carbonyl (C=O) groups is 1. The van der Waals surface area contributed by atoms with Gasteiger partial charge in [-0.15, -0.1) is 0 Å². The van der Waals surface area contributed by atoms with Crippen LogP contribution in [0.25, 0.3) is 0 Å². The molecule has 0 bridgehead atoms. The van der Waals surface area contributed by atoms with Crippen LogP contribution in [-0.4, -0.2) is 28.5 Å². The number of aryl methyl sites for hydroxylation is 1. The Bertz CT molecular complexity index is 535. The third-order valence-electron chi connectivity index (χ3n) is 3.52. The van der Waals surface area contributed by atoms with Crippen molar-refractivity contribution < 1.29 is 9.18 Å². The second kappa shape index (κ2) is 6.17. The predicted molar refractivity (Wildman–Crippen MR) is 80.9 cm³/mol. The molecule has 1 heterocycles. The van der Waals surface area contributed by atoms with Crippen LogP contribution >= 0.6 is 12.2 Å². The van der Waals surface area contributed by atoms with E-state index in [1.165, 1.54) is 6.07 Å². The zero-order valence-electron chi connectivity index (χ0n) is 11.4. The maximum Gasteiger partial charge on any atom is 0.240 e. The lowest BCUT2D eigenvalue weighted by molar-refractivity contribution is -0.122. The molecule has 108 valence electrons. The largest absolute Gasteiger partial charge is 0.368 e. The lowest BCUT2D eigenvalue weighted by Gasteiger charge is -2.35. The average Bonchev–Trinajstić information content (AvgIpc) is 2.43. The third-order valence-corrected chi connectivity index (χ3v) is 3.85. The summed E-state index contributed by atoms with van der Waals surface area (Å²) < 4.78 is 13.5. The zero-order valence-corrected chi connectivity index (χ0v) is 12.2. The molecule has 1 fully saturated rings. The van der Waals surface area contributed by atoms with E-state index in [1.807, 2.05) is 0 Å². The number of anilines is 1. The molecule has 6 heteroatoms. The van der Waals surface area contributed by atoms with Crippen LogP contribution in [0.4, 0.5) is 10.1 Å². The van der Waals surface area contributed by atoms with Crippen LogP contribution in [0.5, 0.6) is 0 Å². The Hall–Kier alpha value is -1.69. The maximum absolute atomic E-state index is 13.5. The molecular weight excluding hydrogens is 277 g/mol. The van der Waals surface area contributed by atoms with Crippen LogP contribution in [0.1, 0.15) is 24.8 Å². The molecule has 0 unspecified atom stereocenters. The molecule has 1 saturated heterocycles. The zero-order chi connectivity index (χ0) is 14.7. The normalized spacial score (nSPS) is 18.7. The first-order valence-electron chi connectivity index (χ1n) is 6.62. The lowest BCUT2D eigenvalue weighted by atomic mass is 10.0. The number of carbonyl (C=O) groups excluding carboxylic acids is 1. The van der Waals surface area contributed by atoms with Crippen LogP contribution in [0, 0.1) is 12.7 Å². The Kier molecular flexibility index (Phi) is 4.54. The van der Waals surface area contributed by atoms with Crippen molar-refractivity contribution in [1.82, 2.24) is 4.90 Å². The summed E-state index contributed by atoms with van der Waals surface area (Å²) in [5.41, 5.74) is 6.56. The molecule has 1 atom stereocenters. The number of nitrogens with zero attached hydrogens (tertiary/aromatic N) is 1. The van der Waals surface area contributed by atoms with E-state index in [4.69, 9.17) is 18.0 Å². The van der Waals surface area contributed by atoms with Gasteiger partial charge in [0.15, 0.2) is 5.11 Å². The number of primary amides is 1. The van der Waals surface area contributed by atoms with E-state index in [9.17, 15) is 9.18 Å². The molecule has 0 spiro atoms. The van der Waals surface area contributed by atoms with E-state index < -0.39 is 0 Å². The second-order valence-electron chi connectivity index (χ2n) is 5.00. The lowest BCUT2D eigenvalue weighted by Crippen LogP contribution is -2.51. The minimum atomic E-state index is -0.376. The monoisotopic (exact) mass is 295 g/mol. The predicted octanol–water partition coefficient (Wildman–Crippen LogP) is 2.17. The molecule has 1 aromatic rings. The van der Waals surface area contributed by atoms with Crippen molar-refractivity contribution in [3.05, 3.63) is 29.6 Å². The number of amides is 1. The van der Waals surface area contributed by atoms with Gasteiger partial charge in [0.1, 0.15) is 11.9 Å². The number of nitrogens with one attached hydrogen (secondary N) is 1. The molecule has 1 aromatic carbocycles.